The molecule has 0 bridgehead atoms. The summed E-state index contributed by atoms with van der Waals surface area (Å²) in [5.41, 5.74) is 8.82. The molecule has 1 N–H and O–H groups in total. The van der Waals surface area contributed by atoms with Gasteiger partial charge in [0.15, 0.2) is 0 Å². The fraction of sp³-hybridized carbons (Fsp3) is 0.824. The molecule has 3 nitrogen and oxygen atoms in total. The molecule has 1 saturated heterocycles. The predicted molar refractivity (Wildman–Crippen MR) is 85.7 cm³/mol. The van der Waals surface area contributed by atoms with Gasteiger partial charge in [0.1, 0.15) is 5.78 Å². The van der Waals surface area contributed by atoms with Crippen LogP contribution in [0.5, 0.6) is 0 Å². The van der Waals surface area contributed by atoms with Gasteiger partial charge in [-0.2, -0.15) is 0 Å². The Morgan fingerprint density at radius 3 is 2.33 bits per heavy atom. The Morgan fingerprint density at radius 1 is 1.43 bits per heavy atom. The molecule has 1 rings (SSSR count). The van der Waals surface area contributed by atoms with Crippen molar-refractivity contribution in [2.75, 3.05) is 7.05 Å². The van der Waals surface area contributed by atoms with Crippen LogP contribution in [0.1, 0.15) is 53.9 Å². The summed E-state index contributed by atoms with van der Waals surface area (Å²) >= 11 is 0. The smallest absolute Gasteiger partial charge is 0.146 e. The number of ketones is 1. The number of carbonyl (C=O) groups excluding carboxylic acids is 1. The van der Waals surface area contributed by atoms with Crippen LogP contribution in [0.4, 0.5) is 0 Å². The number of likely N-dealkylation sites (N-methyl/N-ethyl adjacent to an activating group) is 1. The van der Waals surface area contributed by atoms with Gasteiger partial charge >= 0.3 is 0 Å². The standard InChI is InChI=1S/C17H31N2O.Ac/c1-7-10-13-11-14(12(4)20)19(6)15(13)16(18)17(5,8-2)9-3;/h7,10,13-16,18H,8-9,11H2,1-6H3;/q-1;/b10-7-;/t13-,14-,15-,16-;/m1./s1. The summed E-state index contributed by atoms with van der Waals surface area (Å²) in [5.74, 6) is 0.547. The van der Waals surface area contributed by atoms with Crippen LogP contribution in [-0.2, 0) is 4.79 Å². The van der Waals surface area contributed by atoms with Crippen molar-refractivity contribution < 1.29 is 48.9 Å². The van der Waals surface area contributed by atoms with E-state index in [9.17, 15) is 4.79 Å². The second-order valence-electron chi connectivity index (χ2n) is 6.55. The largest absolute Gasteiger partial charge is 0.673 e. The van der Waals surface area contributed by atoms with Crippen LogP contribution in [0.15, 0.2) is 12.2 Å². The van der Waals surface area contributed by atoms with Crippen LogP contribution in [0.25, 0.3) is 5.73 Å². The van der Waals surface area contributed by atoms with E-state index in [1.807, 2.05) is 14.0 Å². The van der Waals surface area contributed by atoms with E-state index in [0.717, 1.165) is 19.3 Å². The van der Waals surface area contributed by atoms with Gasteiger partial charge in [-0.3, -0.25) is 9.69 Å². The SMILES string of the molecule is C/C=C\[C@@H]1C[C@H](C(C)=O)N(C)[C@H]1[C@@H]([NH-])C(C)(CC)CC.[Ac]. The maximum absolute atomic E-state index is 11.8. The first-order valence-corrected chi connectivity index (χ1v) is 7.88. The minimum Gasteiger partial charge on any atom is -0.673 e. The van der Waals surface area contributed by atoms with Gasteiger partial charge in [0, 0.05) is 50.1 Å². The number of rotatable bonds is 6. The fourth-order valence-electron chi connectivity index (χ4n) is 3.55. The molecule has 0 unspecified atom stereocenters. The van der Waals surface area contributed by atoms with Gasteiger partial charge in [-0.1, -0.05) is 45.8 Å². The average molecular weight is 506 g/mol. The molecular formula is C17H31AcN2O-. The van der Waals surface area contributed by atoms with Crippen LogP contribution >= 0.6 is 0 Å². The minimum atomic E-state index is -0.159. The number of hydrogen-bond donors (Lipinski definition) is 0. The van der Waals surface area contributed by atoms with Crippen molar-refractivity contribution >= 4 is 5.78 Å². The van der Waals surface area contributed by atoms with E-state index in [2.05, 4.69) is 37.8 Å². The van der Waals surface area contributed by atoms with Gasteiger partial charge in [0.05, 0.1) is 6.04 Å². The summed E-state index contributed by atoms with van der Waals surface area (Å²) in [7, 11) is 2.02. The summed E-state index contributed by atoms with van der Waals surface area (Å²) in [6.07, 6.45) is 7.14. The van der Waals surface area contributed by atoms with Gasteiger partial charge in [0.2, 0.25) is 0 Å². The van der Waals surface area contributed by atoms with Crippen molar-refractivity contribution in [1.82, 2.24) is 4.90 Å². The van der Waals surface area contributed by atoms with Crippen LogP contribution in [0.3, 0.4) is 0 Å². The quantitative estimate of drug-likeness (QED) is 0.510. The average Bonchev–Trinajstić information content (AvgIpc) is 2.74. The summed E-state index contributed by atoms with van der Waals surface area (Å²) in [6.45, 7) is 10.3. The zero-order chi connectivity index (χ0) is 15.5. The van der Waals surface area contributed by atoms with Crippen LogP contribution in [0.2, 0.25) is 0 Å². The predicted octanol–water partition coefficient (Wildman–Crippen LogP) is 4.09. The third-order valence-corrected chi connectivity index (χ3v) is 5.51. The van der Waals surface area contributed by atoms with Crippen LogP contribution in [-0.4, -0.2) is 35.9 Å². The number of nitrogens with zero attached hydrogens (tertiary/aromatic N) is 1. The molecule has 0 aliphatic carbocycles. The van der Waals surface area contributed by atoms with Gasteiger partial charge in [-0.05, 0) is 38.6 Å². The van der Waals surface area contributed by atoms with E-state index in [0.29, 0.717) is 5.92 Å². The van der Waals surface area contributed by atoms with E-state index in [1.54, 1.807) is 6.92 Å². The maximum atomic E-state index is 11.8. The summed E-state index contributed by atoms with van der Waals surface area (Å²) < 4.78 is 0. The third kappa shape index (κ3) is 4.63. The van der Waals surface area contributed by atoms with Crippen molar-refractivity contribution in [3.05, 3.63) is 17.9 Å². The first-order chi connectivity index (χ1) is 9.32. The molecule has 0 aromatic carbocycles. The molecule has 0 spiro atoms. The Kier molecular flexibility index (Phi) is 9.50. The third-order valence-electron chi connectivity index (χ3n) is 5.51. The van der Waals surface area contributed by atoms with Gasteiger partial charge in [0.25, 0.3) is 0 Å². The molecule has 0 aromatic rings. The summed E-state index contributed by atoms with van der Waals surface area (Å²) in [6, 6.07) is -0.0370. The summed E-state index contributed by atoms with van der Waals surface area (Å²) in [4.78, 5) is 14.0. The number of likely N-dealkylation sites (tertiary alicyclic amines) is 1. The van der Waals surface area contributed by atoms with E-state index in [4.69, 9.17) is 5.73 Å². The van der Waals surface area contributed by atoms with Crippen LogP contribution < -0.4 is 0 Å². The number of allylic oxidation sites excluding steroid dienone is 1. The normalized spacial score (nSPS) is 28.6. The van der Waals surface area contributed by atoms with Crippen LogP contribution in [0, 0.1) is 55.4 Å². The van der Waals surface area contributed by atoms with Crippen molar-refractivity contribution in [3.63, 3.8) is 0 Å². The number of hydrogen-bond acceptors (Lipinski definition) is 2. The van der Waals surface area contributed by atoms with Gasteiger partial charge in [-0.25, -0.2) is 0 Å². The topological polar surface area (TPSA) is 44.1 Å². The molecule has 1 aliphatic rings. The molecule has 21 heavy (non-hydrogen) atoms. The summed E-state index contributed by atoms with van der Waals surface area (Å²) in [5, 5.41) is 0. The van der Waals surface area contributed by atoms with E-state index in [-0.39, 0.29) is 73.4 Å². The molecule has 0 saturated carbocycles. The van der Waals surface area contributed by atoms with Crippen molar-refractivity contribution in [1.29, 1.82) is 0 Å². The molecule has 1 heterocycles. The first-order valence-electron chi connectivity index (χ1n) is 7.88. The molecule has 119 valence electrons. The Bertz CT molecular complexity index is 366. The van der Waals surface area contributed by atoms with Crippen molar-refractivity contribution in [2.24, 2.45) is 11.3 Å². The molecule has 1 radical (unpaired) electrons. The van der Waals surface area contributed by atoms with Gasteiger partial charge < -0.3 is 5.73 Å². The number of Topliss-reactive ketones (excluding diaryl/α,β-unsaturated/α-hetero) is 1. The Morgan fingerprint density at radius 2 is 1.95 bits per heavy atom. The van der Waals surface area contributed by atoms with E-state index in [1.165, 1.54) is 0 Å². The molecule has 1 aliphatic heterocycles. The molecule has 4 atom stereocenters. The number of nitrogens with one attached hydrogen (secondary N) is 1. The fourth-order valence-corrected chi connectivity index (χ4v) is 3.55. The second-order valence-corrected chi connectivity index (χ2v) is 6.55. The Balaban J connectivity index is 0.00000400. The molecule has 4 heteroatoms. The Hall–Kier alpha value is 0.772. The van der Waals surface area contributed by atoms with Crippen molar-refractivity contribution in [3.8, 4) is 0 Å². The molecule has 0 aromatic heterocycles. The zero-order valence-electron chi connectivity index (χ0n) is 14.5. The monoisotopic (exact) mass is 506 g/mol. The zero-order valence-corrected chi connectivity index (χ0v) is 19.3. The van der Waals surface area contributed by atoms with E-state index < -0.39 is 0 Å². The maximum Gasteiger partial charge on any atom is 0.146 e. The van der Waals surface area contributed by atoms with E-state index >= 15 is 0 Å². The Labute approximate surface area is 166 Å². The molecule has 0 amide bonds. The minimum absolute atomic E-state index is 0. The molecular weight excluding hydrogens is 475 g/mol. The second kappa shape index (κ2) is 9.16. The first kappa shape index (κ1) is 21.8. The number of carbonyl (C=O) groups is 1. The van der Waals surface area contributed by atoms with Gasteiger partial charge in [-0.15, -0.1) is 6.04 Å². The van der Waals surface area contributed by atoms with Crippen molar-refractivity contribution in [2.45, 2.75) is 72.0 Å². The molecule has 1 fully saturated rings.